The molecule has 0 unspecified atom stereocenters. The molecule has 0 radical (unpaired) electrons. The van der Waals surface area contributed by atoms with Crippen molar-refractivity contribution < 1.29 is 17.9 Å². The van der Waals surface area contributed by atoms with E-state index in [0.717, 1.165) is 12.1 Å². The van der Waals surface area contributed by atoms with E-state index in [0.29, 0.717) is 5.82 Å². The molecule has 0 amide bonds. The molecule has 1 aromatic heterocycles. The first-order chi connectivity index (χ1) is 9.79. The summed E-state index contributed by atoms with van der Waals surface area (Å²) >= 11 is 5.79. The zero-order chi connectivity index (χ0) is 15.6. The lowest BCUT2D eigenvalue weighted by Gasteiger charge is -2.14. The van der Waals surface area contributed by atoms with E-state index in [9.17, 15) is 13.2 Å². The molecule has 1 aromatic carbocycles. The molecule has 4 nitrogen and oxygen atoms in total. The summed E-state index contributed by atoms with van der Waals surface area (Å²) in [5.74, 6) is 0.941. The maximum absolute atomic E-state index is 12.8. The van der Waals surface area contributed by atoms with Crippen molar-refractivity contribution in [1.82, 2.24) is 9.97 Å². The Bertz CT molecular complexity index is 641. The highest BCUT2D eigenvalue weighted by Crippen LogP contribution is 2.36. The molecule has 0 aliphatic carbocycles. The van der Waals surface area contributed by atoms with E-state index in [1.165, 1.54) is 19.2 Å². The van der Waals surface area contributed by atoms with Gasteiger partial charge in [-0.05, 0) is 25.1 Å². The van der Waals surface area contributed by atoms with Gasteiger partial charge >= 0.3 is 6.18 Å². The summed E-state index contributed by atoms with van der Waals surface area (Å²) in [6.07, 6.45) is -4.44. The second-order valence-corrected chi connectivity index (χ2v) is 4.55. The largest absolute Gasteiger partial charge is 0.495 e. The summed E-state index contributed by atoms with van der Waals surface area (Å²) in [6.45, 7) is 1.63. The number of aryl methyl sites for hydroxylation is 1. The van der Waals surface area contributed by atoms with Crippen molar-refractivity contribution in [2.45, 2.75) is 13.1 Å². The van der Waals surface area contributed by atoms with Crippen LogP contribution < -0.4 is 10.1 Å². The van der Waals surface area contributed by atoms with E-state index in [-0.39, 0.29) is 22.4 Å². The molecule has 0 bridgehead atoms. The molecule has 0 aliphatic rings. The molecule has 1 heterocycles. The number of methoxy groups -OCH3 is 1. The van der Waals surface area contributed by atoms with Gasteiger partial charge in [-0.15, -0.1) is 0 Å². The van der Waals surface area contributed by atoms with Crippen LogP contribution in [0.15, 0.2) is 24.3 Å². The highest BCUT2D eigenvalue weighted by Gasteiger charge is 2.31. The van der Waals surface area contributed by atoms with Gasteiger partial charge in [0.1, 0.15) is 22.5 Å². The molecular weight excluding hydrogens is 307 g/mol. The molecule has 0 saturated carbocycles. The van der Waals surface area contributed by atoms with Crippen LogP contribution in [0.25, 0.3) is 0 Å². The minimum atomic E-state index is -4.44. The average Bonchev–Trinajstić information content (AvgIpc) is 2.36. The van der Waals surface area contributed by atoms with Crippen LogP contribution in [0.5, 0.6) is 5.75 Å². The van der Waals surface area contributed by atoms with Gasteiger partial charge in [-0.25, -0.2) is 9.97 Å². The molecule has 2 rings (SSSR count). The minimum Gasteiger partial charge on any atom is -0.495 e. The van der Waals surface area contributed by atoms with Crippen LogP contribution in [0, 0.1) is 6.92 Å². The lowest BCUT2D eigenvalue weighted by Crippen LogP contribution is -2.06. The number of nitrogens with zero attached hydrogens (tertiary/aromatic N) is 2. The Morgan fingerprint density at radius 1 is 1.19 bits per heavy atom. The molecule has 2 aromatic rings. The summed E-state index contributed by atoms with van der Waals surface area (Å²) in [6, 6.07) is 4.54. The van der Waals surface area contributed by atoms with Crippen LogP contribution in [0.3, 0.4) is 0 Å². The number of nitrogens with one attached hydrogen (secondary N) is 1. The number of hydrogen-bond donors (Lipinski definition) is 1. The van der Waals surface area contributed by atoms with E-state index < -0.39 is 11.7 Å². The fourth-order valence-electron chi connectivity index (χ4n) is 1.72. The van der Waals surface area contributed by atoms with Crippen LogP contribution in [-0.4, -0.2) is 17.1 Å². The molecule has 112 valence electrons. The lowest BCUT2D eigenvalue weighted by atomic mass is 10.1. The Morgan fingerprint density at radius 2 is 1.90 bits per heavy atom. The molecule has 0 atom stereocenters. The van der Waals surface area contributed by atoms with Gasteiger partial charge in [-0.2, -0.15) is 13.2 Å². The van der Waals surface area contributed by atoms with Gasteiger partial charge in [0.15, 0.2) is 0 Å². The lowest BCUT2D eigenvalue weighted by molar-refractivity contribution is -0.137. The van der Waals surface area contributed by atoms with Gasteiger partial charge < -0.3 is 10.1 Å². The summed E-state index contributed by atoms with van der Waals surface area (Å²) in [7, 11) is 1.37. The van der Waals surface area contributed by atoms with Gasteiger partial charge in [0.25, 0.3) is 0 Å². The van der Waals surface area contributed by atoms with Crippen molar-refractivity contribution in [3.8, 4) is 5.75 Å². The highest BCUT2D eigenvalue weighted by molar-refractivity contribution is 6.29. The van der Waals surface area contributed by atoms with E-state index >= 15 is 0 Å². The second kappa shape index (κ2) is 5.77. The van der Waals surface area contributed by atoms with E-state index in [4.69, 9.17) is 16.3 Å². The molecule has 0 fully saturated rings. The molecule has 0 aliphatic heterocycles. The number of ether oxygens (including phenoxy) is 1. The average molecular weight is 318 g/mol. The smallest absolute Gasteiger partial charge is 0.416 e. The van der Waals surface area contributed by atoms with E-state index in [1.54, 1.807) is 6.92 Å². The van der Waals surface area contributed by atoms with Crippen molar-refractivity contribution in [1.29, 1.82) is 0 Å². The first kappa shape index (κ1) is 15.4. The number of alkyl halides is 3. The normalized spacial score (nSPS) is 11.3. The second-order valence-electron chi connectivity index (χ2n) is 4.16. The molecule has 0 spiro atoms. The zero-order valence-corrected chi connectivity index (χ0v) is 11.9. The van der Waals surface area contributed by atoms with E-state index in [1.807, 2.05) is 0 Å². The first-order valence-corrected chi connectivity index (χ1v) is 6.21. The van der Waals surface area contributed by atoms with Crippen molar-refractivity contribution in [2.75, 3.05) is 12.4 Å². The first-order valence-electron chi connectivity index (χ1n) is 5.83. The quantitative estimate of drug-likeness (QED) is 0.861. The monoisotopic (exact) mass is 317 g/mol. The SMILES string of the molecule is COc1ccc(C(F)(F)F)cc1Nc1cc(Cl)nc(C)n1. The molecule has 0 saturated heterocycles. The molecule has 21 heavy (non-hydrogen) atoms. The Morgan fingerprint density at radius 3 is 2.48 bits per heavy atom. The van der Waals surface area contributed by atoms with Gasteiger partial charge in [-0.1, -0.05) is 11.6 Å². The summed E-state index contributed by atoms with van der Waals surface area (Å²) in [5.41, 5.74) is -0.649. The Kier molecular flexibility index (Phi) is 4.22. The fraction of sp³-hybridized carbons (Fsp3) is 0.231. The van der Waals surface area contributed by atoms with Crippen molar-refractivity contribution in [2.24, 2.45) is 0 Å². The maximum Gasteiger partial charge on any atom is 0.416 e. The predicted molar refractivity (Wildman–Crippen MR) is 73.1 cm³/mol. The zero-order valence-electron chi connectivity index (χ0n) is 11.1. The molecule has 8 heteroatoms. The van der Waals surface area contributed by atoms with Crippen LogP contribution in [0.1, 0.15) is 11.4 Å². The van der Waals surface area contributed by atoms with Crippen molar-refractivity contribution in [3.63, 3.8) is 0 Å². The fourth-order valence-corrected chi connectivity index (χ4v) is 1.94. The van der Waals surface area contributed by atoms with Gasteiger partial charge in [0, 0.05) is 6.07 Å². The van der Waals surface area contributed by atoms with Gasteiger partial charge in [0.05, 0.1) is 18.4 Å². The topological polar surface area (TPSA) is 47.0 Å². The third-order valence-electron chi connectivity index (χ3n) is 2.60. The number of rotatable bonds is 3. The molecule has 1 N–H and O–H groups in total. The van der Waals surface area contributed by atoms with Crippen molar-refractivity contribution in [3.05, 3.63) is 40.8 Å². The highest BCUT2D eigenvalue weighted by atomic mass is 35.5. The number of halogens is 4. The number of benzene rings is 1. The summed E-state index contributed by atoms with van der Waals surface area (Å²) < 4.78 is 43.3. The van der Waals surface area contributed by atoms with Crippen LogP contribution in [0.4, 0.5) is 24.7 Å². The third-order valence-corrected chi connectivity index (χ3v) is 2.79. The van der Waals surface area contributed by atoms with Crippen LogP contribution in [-0.2, 0) is 6.18 Å². The Balaban J connectivity index is 2.41. The Labute approximate surface area is 123 Å². The number of aromatic nitrogens is 2. The Hall–Kier alpha value is -2.02. The predicted octanol–water partition coefficient (Wildman–Crippen LogP) is 4.21. The number of hydrogen-bond acceptors (Lipinski definition) is 4. The van der Waals surface area contributed by atoms with Crippen molar-refractivity contribution >= 4 is 23.1 Å². The maximum atomic E-state index is 12.8. The third kappa shape index (κ3) is 3.75. The van der Waals surface area contributed by atoms with Crippen LogP contribution in [0.2, 0.25) is 5.15 Å². The van der Waals surface area contributed by atoms with E-state index in [2.05, 4.69) is 15.3 Å². The summed E-state index contributed by atoms with van der Waals surface area (Å²) in [4.78, 5) is 7.93. The van der Waals surface area contributed by atoms with Gasteiger partial charge in [0.2, 0.25) is 0 Å². The van der Waals surface area contributed by atoms with Crippen LogP contribution >= 0.6 is 11.6 Å². The number of anilines is 2. The minimum absolute atomic E-state index is 0.140. The molecular formula is C13H11ClF3N3O. The summed E-state index contributed by atoms with van der Waals surface area (Å²) in [5, 5.41) is 2.95. The standard InChI is InChI=1S/C13H11ClF3N3O/c1-7-18-11(14)6-12(19-7)20-9-5-8(13(15,16)17)3-4-10(9)21-2/h3-6H,1-2H3,(H,18,19,20). The van der Waals surface area contributed by atoms with Gasteiger partial charge in [-0.3, -0.25) is 0 Å².